The first-order chi connectivity index (χ1) is 9.02. The van der Waals surface area contributed by atoms with Crippen LogP contribution >= 0.6 is 0 Å². The molecule has 1 rings (SSSR count). The summed E-state index contributed by atoms with van der Waals surface area (Å²) < 4.78 is 0. The highest BCUT2D eigenvalue weighted by molar-refractivity contribution is 5.73. The molecule has 4 heteroatoms. The third-order valence-corrected chi connectivity index (χ3v) is 3.01. The van der Waals surface area contributed by atoms with Crippen molar-refractivity contribution in [3.8, 4) is 0 Å². The number of aliphatic hydroxyl groups is 1. The molecule has 0 radical (unpaired) electrons. The maximum absolute atomic E-state index is 10.2. The fourth-order valence-electron chi connectivity index (χ4n) is 1.43. The van der Waals surface area contributed by atoms with Crippen molar-refractivity contribution in [3.63, 3.8) is 0 Å². The summed E-state index contributed by atoms with van der Waals surface area (Å²) >= 11 is 0. The first kappa shape index (κ1) is 17.6. The normalized spacial score (nSPS) is 13.1. The molecule has 108 valence electrons. The second-order valence-corrected chi connectivity index (χ2v) is 4.56. The van der Waals surface area contributed by atoms with Gasteiger partial charge in [-0.15, -0.1) is 0 Å². The first-order valence-corrected chi connectivity index (χ1v) is 6.66. The van der Waals surface area contributed by atoms with E-state index in [-0.39, 0.29) is 12.5 Å². The Bertz CT molecular complexity index is 341. The van der Waals surface area contributed by atoms with Crippen LogP contribution in [0.25, 0.3) is 0 Å². The van der Waals surface area contributed by atoms with Crippen molar-refractivity contribution in [2.45, 2.75) is 39.2 Å². The molecule has 0 amide bonds. The smallest absolute Gasteiger partial charge is 0.320 e. The van der Waals surface area contributed by atoms with Crippen LogP contribution in [0.1, 0.15) is 32.3 Å². The molecule has 0 fully saturated rings. The van der Waals surface area contributed by atoms with Gasteiger partial charge in [-0.2, -0.15) is 0 Å². The molecule has 0 saturated heterocycles. The molecule has 0 saturated carbocycles. The highest BCUT2D eigenvalue weighted by atomic mass is 16.4. The van der Waals surface area contributed by atoms with E-state index in [1.165, 1.54) is 5.56 Å². The Kier molecular flexibility index (Phi) is 9.75. The molecule has 1 aromatic rings. The Morgan fingerprint density at radius 2 is 1.89 bits per heavy atom. The van der Waals surface area contributed by atoms with E-state index in [0.29, 0.717) is 0 Å². The van der Waals surface area contributed by atoms with E-state index in [2.05, 4.69) is 12.1 Å². The van der Waals surface area contributed by atoms with Crippen molar-refractivity contribution in [1.82, 2.24) is 0 Å². The van der Waals surface area contributed by atoms with E-state index < -0.39 is 12.0 Å². The summed E-state index contributed by atoms with van der Waals surface area (Å²) in [5, 5.41) is 16.9. The van der Waals surface area contributed by atoms with E-state index in [1.54, 1.807) is 0 Å². The highest BCUT2D eigenvalue weighted by Crippen LogP contribution is 2.04. The molecule has 4 nitrogen and oxygen atoms in total. The molecule has 2 atom stereocenters. The number of hydrogen-bond acceptors (Lipinski definition) is 3. The zero-order valence-corrected chi connectivity index (χ0v) is 11.7. The number of carbonyl (C=O) groups is 1. The predicted octanol–water partition coefficient (Wildman–Crippen LogP) is 2.06. The molecule has 4 N–H and O–H groups in total. The molecule has 0 bridgehead atoms. The van der Waals surface area contributed by atoms with Crippen LogP contribution in [0.3, 0.4) is 0 Å². The summed E-state index contributed by atoms with van der Waals surface area (Å²) in [5.74, 6) is -0.841. The Balaban J connectivity index is 0.000000344. The Labute approximate surface area is 115 Å². The lowest BCUT2D eigenvalue weighted by atomic mass is 10.0. The van der Waals surface area contributed by atoms with Crippen molar-refractivity contribution in [2.24, 2.45) is 11.7 Å². The van der Waals surface area contributed by atoms with Crippen LogP contribution in [0.15, 0.2) is 30.3 Å². The summed E-state index contributed by atoms with van der Waals surface area (Å²) in [7, 11) is 0. The molecular weight excluding hydrogens is 242 g/mol. The van der Waals surface area contributed by atoms with Crippen molar-refractivity contribution < 1.29 is 15.0 Å². The lowest BCUT2D eigenvalue weighted by Gasteiger charge is -2.11. The predicted molar refractivity (Wildman–Crippen MR) is 76.9 cm³/mol. The summed E-state index contributed by atoms with van der Waals surface area (Å²) in [5.41, 5.74) is 6.57. The molecule has 0 aliphatic rings. The number of aryl methyl sites for hydroxylation is 1. The lowest BCUT2D eigenvalue weighted by molar-refractivity contribution is -0.139. The second-order valence-electron chi connectivity index (χ2n) is 4.56. The van der Waals surface area contributed by atoms with Crippen LogP contribution < -0.4 is 5.73 Å². The van der Waals surface area contributed by atoms with E-state index in [4.69, 9.17) is 15.9 Å². The third kappa shape index (κ3) is 8.35. The average Bonchev–Trinajstić information content (AvgIpc) is 2.45. The zero-order valence-electron chi connectivity index (χ0n) is 11.7. The number of nitrogens with two attached hydrogens (primary N) is 1. The van der Waals surface area contributed by atoms with Crippen LogP contribution in [-0.4, -0.2) is 28.8 Å². The van der Waals surface area contributed by atoms with Gasteiger partial charge in [-0.1, -0.05) is 50.6 Å². The Hall–Kier alpha value is -1.39. The van der Waals surface area contributed by atoms with Gasteiger partial charge in [-0.25, -0.2) is 0 Å². The SMILES string of the molecule is CC[C@H](C)[C@H](N)C(=O)O.OCCCc1ccccc1. The maximum atomic E-state index is 10.2. The number of benzene rings is 1. The molecule has 0 aliphatic carbocycles. The van der Waals surface area contributed by atoms with Crippen LogP contribution in [0, 0.1) is 5.92 Å². The van der Waals surface area contributed by atoms with E-state index in [9.17, 15) is 4.79 Å². The molecule has 0 heterocycles. The first-order valence-electron chi connectivity index (χ1n) is 6.66. The van der Waals surface area contributed by atoms with Crippen LogP contribution in [-0.2, 0) is 11.2 Å². The van der Waals surface area contributed by atoms with Gasteiger partial charge >= 0.3 is 5.97 Å². The van der Waals surface area contributed by atoms with Gasteiger partial charge in [0.2, 0.25) is 0 Å². The minimum Gasteiger partial charge on any atom is -0.480 e. The van der Waals surface area contributed by atoms with Gasteiger partial charge in [-0.3, -0.25) is 4.79 Å². The topological polar surface area (TPSA) is 83.6 Å². The van der Waals surface area contributed by atoms with Crippen molar-refractivity contribution in [2.75, 3.05) is 6.61 Å². The van der Waals surface area contributed by atoms with Crippen molar-refractivity contribution >= 4 is 5.97 Å². The summed E-state index contributed by atoms with van der Waals surface area (Å²) in [6.07, 6.45) is 2.66. The number of carboxylic acids is 1. The van der Waals surface area contributed by atoms with Crippen LogP contribution in [0.2, 0.25) is 0 Å². The standard InChI is InChI=1S/C9H12O.C6H13NO2/c10-8-4-7-9-5-2-1-3-6-9;1-3-4(2)5(7)6(8)9/h1-3,5-6,10H,4,7-8H2;4-5H,3,7H2,1-2H3,(H,8,9)/t;4-,5-/m.0/s1. The number of carboxylic acid groups (broad SMARTS) is 1. The molecule has 0 unspecified atom stereocenters. The third-order valence-electron chi connectivity index (χ3n) is 3.01. The van der Waals surface area contributed by atoms with Crippen LogP contribution in [0.4, 0.5) is 0 Å². The van der Waals surface area contributed by atoms with Gasteiger partial charge in [0.15, 0.2) is 0 Å². The monoisotopic (exact) mass is 267 g/mol. The van der Waals surface area contributed by atoms with Crippen molar-refractivity contribution in [3.05, 3.63) is 35.9 Å². The second kappa shape index (κ2) is 10.5. The van der Waals surface area contributed by atoms with Gasteiger partial charge in [0, 0.05) is 6.61 Å². The Morgan fingerprint density at radius 1 is 1.32 bits per heavy atom. The van der Waals surface area contributed by atoms with Gasteiger partial charge in [-0.05, 0) is 24.3 Å². The Morgan fingerprint density at radius 3 is 2.26 bits per heavy atom. The van der Waals surface area contributed by atoms with Gasteiger partial charge in [0.25, 0.3) is 0 Å². The van der Waals surface area contributed by atoms with E-state index >= 15 is 0 Å². The fourth-order valence-corrected chi connectivity index (χ4v) is 1.43. The van der Waals surface area contributed by atoms with Crippen LogP contribution in [0.5, 0.6) is 0 Å². The van der Waals surface area contributed by atoms with E-state index in [0.717, 1.165) is 19.3 Å². The molecule has 0 spiro atoms. The molecule has 0 aromatic heterocycles. The van der Waals surface area contributed by atoms with Gasteiger partial charge in [0.05, 0.1) is 0 Å². The van der Waals surface area contributed by atoms with Gasteiger partial charge < -0.3 is 15.9 Å². The number of rotatable bonds is 6. The number of aliphatic carboxylic acids is 1. The summed E-state index contributed by atoms with van der Waals surface area (Å²) in [6, 6.07) is 9.50. The molecule has 19 heavy (non-hydrogen) atoms. The largest absolute Gasteiger partial charge is 0.480 e. The highest BCUT2D eigenvalue weighted by Gasteiger charge is 2.17. The molecular formula is C15H25NO3. The van der Waals surface area contributed by atoms with E-state index in [1.807, 2.05) is 32.0 Å². The number of aliphatic hydroxyl groups excluding tert-OH is 1. The van der Waals surface area contributed by atoms with Crippen molar-refractivity contribution in [1.29, 1.82) is 0 Å². The zero-order chi connectivity index (χ0) is 14.7. The minimum absolute atomic E-state index is 0.0718. The average molecular weight is 267 g/mol. The fraction of sp³-hybridized carbons (Fsp3) is 0.533. The quantitative estimate of drug-likeness (QED) is 0.736. The molecule has 0 aliphatic heterocycles. The summed E-state index contributed by atoms with van der Waals surface area (Å²) in [6.45, 7) is 4.04. The molecule has 1 aromatic carbocycles. The van der Waals surface area contributed by atoms with Gasteiger partial charge in [0.1, 0.15) is 6.04 Å². The maximum Gasteiger partial charge on any atom is 0.320 e. The summed E-state index contributed by atoms with van der Waals surface area (Å²) in [4.78, 5) is 10.2. The number of hydrogen-bond donors (Lipinski definition) is 3. The minimum atomic E-state index is -0.913. The lowest BCUT2D eigenvalue weighted by Crippen LogP contribution is -2.36.